The normalized spacial score (nSPS) is 10.6. The quantitative estimate of drug-likeness (QED) is 0.862. The lowest BCUT2D eigenvalue weighted by molar-refractivity contribution is 0.415. The Bertz CT molecular complexity index is 558. The van der Waals surface area contributed by atoms with Crippen LogP contribution in [0.25, 0.3) is 11.3 Å². The van der Waals surface area contributed by atoms with E-state index in [0.717, 1.165) is 22.6 Å². The van der Waals surface area contributed by atoms with Crippen LogP contribution in [0.15, 0.2) is 18.3 Å². The van der Waals surface area contributed by atoms with Gasteiger partial charge in [-0.1, -0.05) is 6.07 Å². The lowest BCUT2D eigenvalue weighted by Gasteiger charge is -2.13. The molecule has 4 nitrogen and oxygen atoms in total. The third kappa shape index (κ3) is 1.86. The lowest BCUT2D eigenvalue weighted by atomic mass is 10.0. The van der Waals surface area contributed by atoms with Gasteiger partial charge in [0, 0.05) is 12.6 Å². The summed E-state index contributed by atoms with van der Waals surface area (Å²) < 4.78 is 7.31. The molecule has 0 saturated carbocycles. The highest BCUT2D eigenvalue weighted by atomic mass is 16.5. The highest BCUT2D eigenvalue weighted by molar-refractivity contribution is 5.72. The van der Waals surface area contributed by atoms with Crippen LogP contribution in [0.5, 0.6) is 5.75 Å². The Hall–Kier alpha value is -1.97. The number of hydrogen-bond acceptors (Lipinski definition) is 3. The number of anilines is 1. The molecule has 0 unspecified atom stereocenters. The van der Waals surface area contributed by atoms with Crippen molar-refractivity contribution in [2.45, 2.75) is 13.8 Å². The number of nitrogens with zero attached hydrogens (tertiary/aromatic N) is 2. The van der Waals surface area contributed by atoms with Gasteiger partial charge in [-0.25, -0.2) is 4.98 Å². The van der Waals surface area contributed by atoms with E-state index in [2.05, 4.69) is 24.9 Å². The first kappa shape index (κ1) is 11.5. The van der Waals surface area contributed by atoms with Gasteiger partial charge < -0.3 is 15.0 Å². The minimum absolute atomic E-state index is 0.502. The molecule has 0 aliphatic carbocycles. The second-order valence-corrected chi connectivity index (χ2v) is 4.22. The van der Waals surface area contributed by atoms with Gasteiger partial charge in [-0.2, -0.15) is 0 Å². The highest BCUT2D eigenvalue weighted by Gasteiger charge is 2.14. The number of nitrogen functional groups attached to an aromatic ring is 1. The van der Waals surface area contributed by atoms with Crippen LogP contribution in [0, 0.1) is 13.8 Å². The molecular formula is C13H17N3O. The fourth-order valence-electron chi connectivity index (χ4n) is 2.07. The van der Waals surface area contributed by atoms with Crippen LogP contribution in [0.4, 0.5) is 5.95 Å². The molecule has 0 spiro atoms. The molecule has 0 saturated heterocycles. The van der Waals surface area contributed by atoms with Gasteiger partial charge in [-0.05, 0) is 31.0 Å². The van der Waals surface area contributed by atoms with Crippen molar-refractivity contribution in [1.29, 1.82) is 0 Å². The van der Waals surface area contributed by atoms with Gasteiger partial charge in [0.05, 0.1) is 19.0 Å². The van der Waals surface area contributed by atoms with Crippen LogP contribution in [0.2, 0.25) is 0 Å². The van der Waals surface area contributed by atoms with E-state index in [1.165, 1.54) is 5.56 Å². The molecule has 0 bridgehead atoms. The van der Waals surface area contributed by atoms with E-state index in [4.69, 9.17) is 10.5 Å². The molecule has 2 N–H and O–H groups in total. The van der Waals surface area contributed by atoms with Gasteiger partial charge in [0.2, 0.25) is 0 Å². The fraction of sp³-hybridized carbons (Fsp3) is 0.308. The maximum Gasteiger partial charge on any atom is 0.200 e. The third-order valence-corrected chi connectivity index (χ3v) is 2.94. The predicted molar refractivity (Wildman–Crippen MR) is 69.1 cm³/mol. The van der Waals surface area contributed by atoms with Gasteiger partial charge in [-0.3, -0.25) is 0 Å². The zero-order chi connectivity index (χ0) is 12.6. The average molecular weight is 231 g/mol. The summed E-state index contributed by atoms with van der Waals surface area (Å²) in [5.41, 5.74) is 10.1. The van der Waals surface area contributed by atoms with Crippen molar-refractivity contribution in [2.24, 2.45) is 7.05 Å². The van der Waals surface area contributed by atoms with E-state index in [-0.39, 0.29) is 0 Å². The van der Waals surface area contributed by atoms with Crippen molar-refractivity contribution in [3.05, 3.63) is 29.5 Å². The van der Waals surface area contributed by atoms with E-state index < -0.39 is 0 Å². The Labute approximate surface area is 101 Å². The second kappa shape index (κ2) is 4.13. The minimum atomic E-state index is 0.502. The summed E-state index contributed by atoms with van der Waals surface area (Å²) in [6.07, 6.45) is 1.77. The van der Waals surface area contributed by atoms with Gasteiger partial charge in [0.15, 0.2) is 5.95 Å². The number of rotatable bonds is 2. The van der Waals surface area contributed by atoms with Crippen LogP contribution >= 0.6 is 0 Å². The Morgan fingerprint density at radius 1 is 1.29 bits per heavy atom. The first-order chi connectivity index (χ1) is 8.04. The van der Waals surface area contributed by atoms with Gasteiger partial charge in [0.1, 0.15) is 5.75 Å². The number of methoxy groups -OCH3 is 1. The molecule has 0 fully saturated rings. The maximum absolute atomic E-state index is 5.76. The Morgan fingerprint density at radius 2 is 2.00 bits per heavy atom. The zero-order valence-electron chi connectivity index (χ0n) is 10.6. The number of aryl methyl sites for hydroxylation is 2. The first-order valence-corrected chi connectivity index (χ1v) is 5.47. The zero-order valence-corrected chi connectivity index (χ0v) is 10.6. The second-order valence-electron chi connectivity index (χ2n) is 4.22. The van der Waals surface area contributed by atoms with E-state index >= 15 is 0 Å². The summed E-state index contributed by atoms with van der Waals surface area (Å²) in [5, 5.41) is 0. The van der Waals surface area contributed by atoms with Crippen molar-refractivity contribution < 1.29 is 4.74 Å². The Balaban J connectivity index is 2.70. The van der Waals surface area contributed by atoms with Crippen LogP contribution in [0.3, 0.4) is 0 Å². The van der Waals surface area contributed by atoms with E-state index in [9.17, 15) is 0 Å². The lowest BCUT2D eigenvalue weighted by Crippen LogP contribution is -2.01. The van der Waals surface area contributed by atoms with E-state index in [1.54, 1.807) is 13.3 Å². The van der Waals surface area contributed by atoms with Crippen LogP contribution < -0.4 is 10.5 Å². The fourth-order valence-corrected chi connectivity index (χ4v) is 2.07. The first-order valence-electron chi connectivity index (χ1n) is 5.47. The molecule has 2 rings (SSSR count). The predicted octanol–water partition coefficient (Wildman–Crippen LogP) is 2.29. The number of aromatic nitrogens is 2. The van der Waals surface area contributed by atoms with Gasteiger partial charge in [0.25, 0.3) is 0 Å². The molecule has 0 aliphatic heterocycles. The molecule has 0 radical (unpaired) electrons. The maximum atomic E-state index is 5.76. The topological polar surface area (TPSA) is 53.1 Å². The molecule has 4 heteroatoms. The van der Waals surface area contributed by atoms with Gasteiger partial charge in [-0.15, -0.1) is 0 Å². The largest absolute Gasteiger partial charge is 0.496 e. The molecular weight excluding hydrogens is 214 g/mol. The smallest absolute Gasteiger partial charge is 0.200 e. The monoisotopic (exact) mass is 231 g/mol. The van der Waals surface area contributed by atoms with Crippen molar-refractivity contribution >= 4 is 5.95 Å². The summed E-state index contributed by atoms with van der Waals surface area (Å²) in [4.78, 5) is 4.12. The van der Waals surface area contributed by atoms with Crippen LogP contribution in [-0.2, 0) is 7.05 Å². The molecule has 2 aromatic rings. The standard InChI is InChI=1S/C13H17N3O/c1-8-5-9(2)12(11(6-8)17-4)10-7-15-13(14)16(10)3/h5-7H,1-4H3,(H2,14,15). The number of ether oxygens (including phenoxy) is 1. The highest BCUT2D eigenvalue weighted by Crippen LogP contribution is 2.34. The molecule has 1 aromatic heterocycles. The van der Waals surface area contributed by atoms with Crippen LogP contribution in [-0.4, -0.2) is 16.7 Å². The van der Waals surface area contributed by atoms with Crippen molar-refractivity contribution in [1.82, 2.24) is 9.55 Å². The molecule has 1 aromatic carbocycles. The average Bonchev–Trinajstić information content (AvgIpc) is 2.59. The van der Waals surface area contributed by atoms with E-state index in [1.807, 2.05) is 17.7 Å². The van der Waals surface area contributed by atoms with Crippen molar-refractivity contribution in [2.75, 3.05) is 12.8 Å². The number of hydrogen-bond donors (Lipinski definition) is 1. The van der Waals surface area contributed by atoms with Crippen molar-refractivity contribution in [3.8, 4) is 17.0 Å². The third-order valence-electron chi connectivity index (χ3n) is 2.94. The summed E-state index contributed by atoms with van der Waals surface area (Å²) in [6.45, 7) is 4.12. The summed E-state index contributed by atoms with van der Waals surface area (Å²) in [6, 6.07) is 4.15. The van der Waals surface area contributed by atoms with E-state index in [0.29, 0.717) is 5.95 Å². The van der Waals surface area contributed by atoms with Gasteiger partial charge >= 0.3 is 0 Å². The molecule has 0 aliphatic rings. The number of imidazole rings is 1. The summed E-state index contributed by atoms with van der Waals surface area (Å²) in [5.74, 6) is 1.35. The minimum Gasteiger partial charge on any atom is -0.496 e. The molecule has 0 atom stereocenters. The summed E-state index contributed by atoms with van der Waals surface area (Å²) in [7, 11) is 3.58. The summed E-state index contributed by atoms with van der Waals surface area (Å²) >= 11 is 0. The molecule has 0 amide bonds. The number of benzene rings is 1. The molecule has 1 heterocycles. The molecule has 17 heavy (non-hydrogen) atoms. The van der Waals surface area contributed by atoms with Crippen molar-refractivity contribution in [3.63, 3.8) is 0 Å². The Morgan fingerprint density at radius 3 is 2.53 bits per heavy atom. The van der Waals surface area contributed by atoms with Crippen LogP contribution in [0.1, 0.15) is 11.1 Å². The SMILES string of the molecule is COc1cc(C)cc(C)c1-c1cnc(N)n1C. The molecule has 90 valence electrons. The number of nitrogens with two attached hydrogens (primary N) is 1. The Kier molecular flexibility index (Phi) is 2.79.